The second-order valence-corrected chi connectivity index (χ2v) is 8.10. The van der Waals surface area contributed by atoms with Gasteiger partial charge in [0, 0.05) is 19.8 Å². The molecule has 2 amide bonds. The smallest absolute Gasteiger partial charge is 0.239 e. The van der Waals surface area contributed by atoms with E-state index in [1.54, 1.807) is 35.4 Å². The van der Waals surface area contributed by atoms with E-state index in [0.29, 0.717) is 0 Å². The SMILES string of the molecule is CN1C(=O)C(C)(C)C(=O)N(C)C12SCC2(C)c1ccccc1. The number of nitrogens with zero attached hydrogens (tertiary/aromatic N) is 2. The first-order valence-electron chi connectivity index (χ1n) is 7.45. The van der Waals surface area contributed by atoms with Crippen molar-refractivity contribution in [2.45, 2.75) is 31.2 Å². The molecule has 5 heteroatoms. The number of hydrogen-bond acceptors (Lipinski definition) is 3. The summed E-state index contributed by atoms with van der Waals surface area (Å²) in [5.74, 6) is 0.669. The van der Waals surface area contributed by atoms with Crippen LogP contribution in [0.3, 0.4) is 0 Å². The number of amides is 2. The number of rotatable bonds is 1. The average molecular weight is 318 g/mol. The molecular formula is C17H22N2O2S. The van der Waals surface area contributed by atoms with E-state index in [9.17, 15) is 9.59 Å². The number of benzene rings is 1. The molecule has 2 heterocycles. The molecule has 118 valence electrons. The Balaban J connectivity index is 2.13. The van der Waals surface area contributed by atoms with Crippen LogP contribution >= 0.6 is 11.8 Å². The lowest BCUT2D eigenvalue weighted by molar-refractivity contribution is -0.179. The zero-order valence-corrected chi connectivity index (χ0v) is 14.5. The fourth-order valence-electron chi connectivity index (χ4n) is 3.86. The van der Waals surface area contributed by atoms with Gasteiger partial charge >= 0.3 is 0 Å². The van der Waals surface area contributed by atoms with Crippen LogP contribution in [-0.2, 0) is 15.0 Å². The number of hydrogen-bond donors (Lipinski definition) is 0. The second kappa shape index (κ2) is 4.51. The van der Waals surface area contributed by atoms with Crippen LogP contribution in [0.15, 0.2) is 30.3 Å². The number of carbonyl (C=O) groups excluding carboxylic acids is 2. The van der Waals surface area contributed by atoms with Gasteiger partial charge in [-0.15, -0.1) is 11.8 Å². The average Bonchev–Trinajstić information content (AvgIpc) is 2.51. The van der Waals surface area contributed by atoms with Gasteiger partial charge < -0.3 is 9.80 Å². The topological polar surface area (TPSA) is 40.6 Å². The molecule has 0 bridgehead atoms. The normalized spacial score (nSPS) is 29.7. The Morgan fingerprint density at radius 3 is 1.86 bits per heavy atom. The van der Waals surface area contributed by atoms with Gasteiger partial charge in [-0.25, -0.2) is 0 Å². The highest BCUT2D eigenvalue weighted by molar-refractivity contribution is 8.02. The Morgan fingerprint density at radius 2 is 1.45 bits per heavy atom. The number of carbonyl (C=O) groups is 2. The van der Waals surface area contributed by atoms with Crippen LogP contribution in [0.5, 0.6) is 0 Å². The molecule has 0 aromatic heterocycles. The molecule has 4 nitrogen and oxygen atoms in total. The zero-order valence-electron chi connectivity index (χ0n) is 13.7. The van der Waals surface area contributed by atoms with Crippen molar-refractivity contribution >= 4 is 23.6 Å². The van der Waals surface area contributed by atoms with Crippen LogP contribution < -0.4 is 0 Å². The van der Waals surface area contributed by atoms with Crippen LogP contribution in [0.4, 0.5) is 0 Å². The summed E-state index contributed by atoms with van der Waals surface area (Å²) in [6.45, 7) is 5.56. The lowest BCUT2D eigenvalue weighted by Gasteiger charge is -2.67. The first-order valence-corrected chi connectivity index (χ1v) is 8.44. The van der Waals surface area contributed by atoms with Gasteiger partial charge in [0.1, 0.15) is 5.41 Å². The summed E-state index contributed by atoms with van der Waals surface area (Å²) in [6, 6.07) is 10.2. The second-order valence-electron chi connectivity index (χ2n) is 6.95. The minimum absolute atomic E-state index is 0.107. The molecule has 0 saturated carbocycles. The van der Waals surface area contributed by atoms with E-state index in [2.05, 4.69) is 19.1 Å². The van der Waals surface area contributed by atoms with E-state index in [1.165, 1.54) is 0 Å². The Morgan fingerprint density at radius 1 is 0.955 bits per heavy atom. The lowest BCUT2D eigenvalue weighted by Crippen LogP contribution is -2.80. The van der Waals surface area contributed by atoms with E-state index in [1.807, 2.05) is 32.3 Å². The standard InChI is InChI=1S/C17H22N2O2S/c1-15(2)13(20)18(4)17(19(5)14(15)21)16(3,11-22-17)12-9-7-6-8-10-12/h6-10H,11H2,1-5H3. The van der Waals surface area contributed by atoms with Crippen molar-refractivity contribution in [2.75, 3.05) is 19.8 Å². The molecule has 1 spiro atoms. The molecule has 2 saturated heterocycles. The fourth-order valence-corrected chi connectivity index (χ4v) is 5.53. The Kier molecular flexibility index (Phi) is 3.16. The van der Waals surface area contributed by atoms with Gasteiger partial charge in [0.05, 0.1) is 5.41 Å². The predicted molar refractivity (Wildman–Crippen MR) is 88.3 cm³/mol. The molecule has 1 aromatic carbocycles. The van der Waals surface area contributed by atoms with Gasteiger partial charge in [0.2, 0.25) is 11.8 Å². The van der Waals surface area contributed by atoms with E-state index in [-0.39, 0.29) is 17.2 Å². The van der Waals surface area contributed by atoms with Crippen molar-refractivity contribution < 1.29 is 9.59 Å². The Bertz CT molecular complexity index is 619. The van der Waals surface area contributed by atoms with E-state index in [4.69, 9.17) is 0 Å². The number of thioether (sulfide) groups is 1. The summed E-state index contributed by atoms with van der Waals surface area (Å²) in [4.78, 5) is 28.5. The van der Waals surface area contributed by atoms with Crippen molar-refractivity contribution in [1.82, 2.24) is 9.80 Å². The zero-order chi connectivity index (χ0) is 16.3. The van der Waals surface area contributed by atoms with Crippen LogP contribution in [0, 0.1) is 5.41 Å². The summed E-state index contributed by atoms with van der Waals surface area (Å²) in [5.41, 5.74) is -0.111. The quantitative estimate of drug-likeness (QED) is 0.746. The molecule has 1 aromatic rings. The molecular weight excluding hydrogens is 296 g/mol. The van der Waals surface area contributed by atoms with E-state index < -0.39 is 10.4 Å². The summed E-state index contributed by atoms with van der Waals surface area (Å²) in [6.07, 6.45) is 0. The van der Waals surface area contributed by atoms with Gasteiger partial charge in [0.25, 0.3) is 0 Å². The molecule has 0 N–H and O–H groups in total. The molecule has 1 atom stereocenters. The first kappa shape index (κ1) is 15.4. The van der Waals surface area contributed by atoms with Gasteiger partial charge in [0.15, 0.2) is 4.99 Å². The summed E-state index contributed by atoms with van der Waals surface area (Å²) < 4.78 is 0. The third kappa shape index (κ3) is 1.55. The van der Waals surface area contributed by atoms with Gasteiger partial charge in [-0.2, -0.15) is 0 Å². The van der Waals surface area contributed by atoms with E-state index >= 15 is 0 Å². The Hall–Kier alpha value is -1.49. The highest BCUT2D eigenvalue weighted by atomic mass is 32.2. The molecule has 2 aliphatic rings. The molecule has 2 fully saturated rings. The Labute approximate surface area is 135 Å². The maximum atomic E-state index is 12.8. The van der Waals surface area contributed by atoms with Crippen molar-refractivity contribution in [3.05, 3.63) is 35.9 Å². The summed E-state index contributed by atoms with van der Waals surface area (Å²) >= 11 is 1.67. The molecule has 0 radical (unpaired) electrons. The van der Waals surface area contributed by atoms with Gasteiger partial charge in [-0.3, -0.25) is 9.59 Å². The van der Waals surface area contributed by atoms with E-state index in [0.717, 1.165) is 11.3 Å². The highest BCUT2D eigenvalue weighted by Crippen LogP contribution is 2.61. The minimum atomic E-state index is -0.998. The molecule has 1 unspecified atom stereocenters. The van der Waals surface area contributed by atoms with Crippen LogP contribution in [0.25, 0.3) is 0 Å². The van der Waals surface area contributed by atoms with Crippen LogP contribution in [0.1, 0.15) is 26.3 Å². The molecule has 2 aliphatic heterocycles. The maximum absolute atomic E-state index is 12.8. The maximum Gasteiger partial charge on any atom is 0.239 e. The summed E-state index contributed by atoms with van der Waals surface area (Å²) in [5, 5.41) is 0. The third-order valence-electron chi connectivity index (χ3n) is 5.28. The molecule has 22 heavy (non-hydrogen) atoms. The van der Waals surface area contributed by atoms with Gasteiger partial charge in [-0.05, 0) is 26.3 Å². The largest absolute Gasteiger partial charge is 0.312 e. The highest BCUT2D eigenvalue weighted by Gasteiger charge is 2.70. The van der Waals surface area contributed by atoms with Crippen molar-refractivity contribution in [1.29, 1.82) is 0 Å². The summed E-state index contributed by atoms with van der Waals surface area (Å²) in [7, 11) is 3.64. The van der Waals surface area contributed by atoms with Gasteiger partial charge in [-0.1, -0.05) is 30.3 Å². The molecule has 3 rings (SSSR count). The minimum Gasteiger partial charge on any atom is -0.312 e. The van der Waals surface area contributed by atoms with Crippen molar-refractivity contribution in [3.8, 4) is 0 Å². The fraction of sp³-hybridized carbons (Fsp3) is 0.529. The third-order valence-corrected chi connectivity index (χ3v) is 7.40. The monoisotopic (exact) mass is 318 g/mol. The lowest BCUT2D eigenvalue weighted by atomic mass is 9.74. The van der Waals surface area contributed by atoms with Crippen LogP contribution in [0.2, 0.25) is 0 Å². The molecule has 0 aliphatic carbocycles. The van der Waals surface area contributed by atoms with Crippen LogP contribution in [-0.4, -0.2) is 46.5 Å². The first-order chi connectivity index (χ1) is 10.2. The predicted octanol–water partition coefficient (Wildman–Crippen LogP) is 2.30. The number of likely N-dealkylation sites (N-methyl/N-ethyl adjacent to an activating group) is 2. The van der Waals surface area contributed by atoms with Crippen molar-refractivity contribution in [2.24, 2.45) is 5.41 Å². The van der Waals surface area contributed by atoms with Crippen molar-refractivity contribution in [3.63, 3.8) is 0 Å².